The summed E-state index contributed by atoms with van der Waals surface area (Å²) in [5.74, 6) is -1.85. The van der Waals surface area contributed by atoms with Crippen LogP contribution < -0.4 is 4.74 Å². The molecule has 0 aliphatic carbocycles. The van der Waals surface area contributed by atoms with Crippen molar-refractivity contribution >= 4 is 5.97 Å². The van der Waals surface area contributed by atoms with Crippen LogP contribution in [-0.2, 0) is 11.2 Å². The van der Waals surface area contributed by atoms with Gasteiger partial charge in [-0.25, -0.2) is 0 Å². The average molecular weight is 290 g/mol. The van der Waals surface area contributed by atoms with Crippen LogP contribution in [0, 0.1) is 11.3 Å². The number of carbonyl (C=O) groups is 1. The molecule has 1 unspecified atom stereocenters. The highest BCUT2D eigenvalue weighted by molar-refractivity contribution is 5.71. The molecule has 0 aliphatic rings. The number of hydrogen-bond donors (Lipinski definition) is 1. The molecule has 0 bridgehead atoms. The van der Waals surface area contributed by atoms with E-state index in [1.807, 2.05) is 20.8 Å². The third-order valence-electron chi connectivity index (χ3n) is 2.94. The van der Waals surface area contributed by atoms with Gasteiger partial charge in [0.1, 0.15) is 5.75 Å². The zero-order chi connectivity index (χ0) is 15.6. The molecule has 0 saturated heterocycles. The lowest BCUT2D eigenvalue weighted by Gasteiger charge is -2.27. The number of carboxylic acid groups (broad SMARTS) is 1. The molecule has 1 atom stereocenters. The molecule has 1 rings (SSSR count). The summed E-state index contributed by atoms with van der Waals surface area (Å²) in [6.07, 6.45) is -4.47. The minimum Gasteiger partial charge on any atom is -0.481 e. The van der Waals surface area contributed by atoms with Gasteiger partial charge >= 0.3 is 12.3 Å². The van der Waals surface area contributed by atoms with Gasteiger partial charge in [0.15, 0.2) is 0 Å². The summed E-state index contributed by atoms with van der Waals surface area (Å²) in [5.41, 5.74) is 0.217. The van der Waals surface area contributed by atoms with Gasteiger partial charge in [-0.2, -0.15) is 0 Å². The van der Waals surface area contributed by atoms with Gasteiger partial charge in [0.05, 0.1) is 5.92 Å². The maximum Gasteiger partial charge on any atom is 0.573 e. The lowest BCUT2D eigenvalue weighted by molar-refractivity contribution is -0.274. The minimum absolute atomic E-state index is 0.255. The summed E-state index contributed by atoms with van der Waals surface area (Å²) < 4.78 is 39.8. The molecule has 3 nitrogen and oxygen atoms in total. The van der Waals surface area contributed by atoms with Crippen LogP contribution in [0.3, 0.4) is 0 Å². The van der Waals surface area contributed by atoms with Crippen LogP contribution in [0.4, 0.5) is 13.2 Å². The number of aliphatic carboxylic acids is 1. The molecule has 0 radical (unpaired) electrons. The Kier molecular flexibility index (Phi) is 4.68. The van der Waals surface area contributed by atoms with E-state index in [-0.39, 0.29) is 12.2 Å². The fourth-order valence-corrected chi connectivity index (χ4v) is 1.83. The van der Waals surface area contributed by atoms with Crippen LogP contribution >= 0.6 is 0 Å². The molecule has 1 aromatic rings. The number of carboxylic acids is 1. The van der Waals surface area contributed by atoms with Crippen molar-refractivity contribution in [3.8, 4) is 5.75 Å². The number of benzene rings is 1. The maximum absolute atomic E-state index is 12.0. The zero-order valence-electron chi connectivity index (χ0n) is 11.5. The van der Waals surface area contributed by atoms with Crippen molar-refractivity contribution in [3.63, 3.8) is 0 Å². The molecule has 1 N–H and O–H groups in total. The Labute approximate surface area is 115 Å². The van der Waals surface area contributed by atoms with E-state index < -0.39 is 23.7 Å². The van der Waals surface area contributed by atoms with Crippen LogP contribution in [0.25, 0.3) is 0 Å². The van der Waals surface area contributed by atoms with Crippen molar-refractivity contribution in [2.75, 3.05) is 0 Å². The molecule has 20 heavy (non-hydrogen) atoms. The van der Waals surface area contributed by atoms with E-state index in [1.54, 1.807) is 0 Å². The fourth-order valence-electron chi connectivity index (χ4n) is 1.83. The second-order valence-corrected chi connectivity index (χ2v) is 5.65. The highest BCUT2D eigenvalue weighted by Crippen LogP contribution is 2.30. The van der Waals surface area contributed by atoms with Gasteiger partial charge in [0, 0.05) is 0 Å². The lowest BCUT2D eigenvalue weighted by atomic mass is 9.77. The number of halogens is 3. The van der Waals surface area contributed by atoms with E-state index >= 15 is 0 Å². The van der Waals surface area contributed by atoms with Gasteiger partial charge in [-0.1, -0.05) is 32.9 Å². The van der Waals surface area contributed by atoms with Crippen LogP contribution in [0.5, 0.6) is 5.75 Å². The molecule has 112 valence electrons. The van der Waals surface area contributed by atoms with Gasteiger partial charge in [-0.05, 0) is 29.5 Å². The summed E-state index contributed by atoms with van der Waals surface area (Å²) in [5, 5.41) is 9.20. The third-order valence-corrected chi connectivity index (χ3v) is 2.94. The first kappa shape index (κ1) is 16.3. The largest absolute Gasteiger partial charge is 0.573 e. The molecule has 0 heterocycles. The second kappa shape index (κ2) is 5.73. The number of hydrogen-bond acceptors (Lipinski definition) is 2. The number of ether oxygens (including phenoxy) is 1. The zero-order valence-corrected chi connectivity index (χ0v) is 11.5. The Hall–Kier alpha value is -1.72. The average Bonchev–Trinajstić information content (AvgIpc) is 2.23. The van der Waals surface area contributed by atoms with E-state index in [1.165, 1.54) is 24.3 Å². The number of alkyl halides is 3. The van der Waals surface area contributed by atoms with Crippen molar-refractivity contribution in [1.29, 1.82) is 0 Å². The lowest BCUT2D eigenvalue weighted by Crippen LogP contribution is -2.30. The van der Waals surface area contributed by atoms with E-state index in [9.17, 15) is 23.1 Å². The fraction of sp³-hybridized carbons (Fsp3) is 0.500. The molecule has 6 heteroatoms. The predicted octanol–water partition coefficient (Wildman–Crippen LogP) is 3.87. The molecule has 0 spiro atoms. The van der Waals surface area contributed by atoms with Crippen molar-refractivity contribution in [3.05, 3.63) is 29.8 Å². The van der Waals surface area contributed by atoms with Crippen LogP contribution in [0.2, 0.25) is 0 Å². The maximum atomic E-state index is 12.0. The SMILES string of the molecule is CC(C)(C)C(Cc1ccc(OC(F)(F)F)cc1)C(=O)O. The van der Waals surface area contributed by atoms with Crippen molar-refractivity contribution in [2.24, 2.45) is 11.3 Å². The Balaban J connectivity index is 2.81. The molecule has 0 aliphatic heterocycles. The topological polar surface area (TPSA) is 46.5 Å². The van der Waals surface area contributed by atoms with Crippen LogP contribution in [-0.4, -0.2) is 17.4 Å². The first-order valence-electron chi connectivity index (χ1n) is 6.06. The normalized spacial score (nSPS) is 13.9. The molecule has 0 fully saturated rings. The van der Waals surface area contributed by atoms with Gasteiger partial charge in [0.25, 0.3) is 0 Å². The van der Waals surface area contributed by atoms with Gasteiger partial charge in [-0.3, -0.25) is 4.79 Å². The monoisotopic (exact) mass is 290 g/mol. The first-order chi connectivity index (χ1) is 8.99. The molecule has 0 aromatic heterocycles. The van der Waals surface area contributed by atoms with Gasteiger partial charge in [0.2, 0.25) is 0 Å². The highest BCUT2D eigenvalue weighted by atomic mass is 19.4. The van der Waals surface area contributed by atoms with E-state index in [0.29, 0.717) is 5.56 Å². The molecular weight excluding hydrogens is 273 g/mol. The summed E-state index contributed by atoms with van der Waals surface area (Å²) >= 11 is 0. The van der Waals surface area contributed by atoms with Crippen LogP contribution in [0.1, 0.15) is 26.3 Å². The predicted molar refractivity (Wildman–Crippen MR) is 67.4 cm³/mol. The summed E-state index contributed by atoms with van der Waals surface area (Å²) in [4.78, 5) is 11.2. The summed E-state index contributed by atoms with van der Waals surface area (Å²) in [6.45, 7) is 5.44. The Morgan fingerprint density at radius 2 is 1.70 bits per heavy atom. The van der Waals surface area contributed by atoms with Gasteiger partial charge in [-0.15, -0.1) is 13.2 Å². The van der Waals surface area contributed by atoms with E-state index in [0.717, 1.165) is 0 Å². The third kappa shape index (κ3) is 5.11. The van der Waals surface area contributed by atoms with E-state index in [2.05, 4.69) is 4.74 Å². The Bertz CT molecular complexity index is 458. The second-order valence-electron chi connectivity index (χ2n) is 5.65. The molecular formula is C14H17F3O3. The van der Waals surface area contributed by atoms with Crippen molar-refractivity contribution < 1.29 is 27.8 Å². The van der Waals surface area contributed by atoms with Crippen LogP contribution in [0.15, 0.2) is 24.3 Å². The minimum atomic E-state index is -4.73. The Morgan fingerprint density at radius 1 is 1.20 bits per heavy atom. The van der Waals surface area contributed by atoms with E-state index in [4.69, 9.17) is 0 Å². The Morgan fingerprint density at radius 3 is 2.05 bits per heavy atom. The summed E-state index contributed by atoms with van der Waals surface area (Å²) in [7, 11) is 0. The summed E-state index contributed by atoms with van der Waals surface area (Å²) in [6, 6.07) is 5.26. The number of rotatable bonds is 4. The molecule has 0 amide bonds. The van der Waals surface area contributed by atoms with Crippen molar-refractivity contribution in [1.82, 2.24) is 0 Å². The smallest absolute Gasteiger partial charge is 0.481 e. The van der Waals surface area contributed by atoms with Crippen molar-refractivity contribution in [2.45, 2.75) is 33.6 Å². The highest BCUT2D eigenvalue weighted by Gasteiger charge is 2.32. The molecule has 1 aromatic carbocycles. The van der Waals surface area contributed by atoms with Gasteiger partial charge < -0.3 is 9.84 Å². The first-order valence-corrected chi connectivity index (χ1v) is 6.06. The quantitative estimate of drug-likeness (QED) is 0.915. The molecule has 0 saturated carbocycles. The standard InChI is InChI=1S/C14H17F3O3/c1-13(2,3)11(12(18)19)8-9-4-6-10(7-5-9)20-14(15,16)17/h4-7,11H,8H2,1-3H3,(H,18,19).